The lowest BCUT2D eigenvalue weighted by atomic mass is 10.1. The normalized spacial score (nSPS) is 13.5. The molecule has 7 heteroatoms. The first-order valence-corrected chi connectivity index (χ1v) is 9.40. The number of carbonyl (C=O) groups is 1. The predicted molar refractivity (Wildman–Crippen MR) is 94.9 cm³/mol. The second-order valence-electron chi connectivity index (χ2n) is 6.89. The average Bonchev–Trinajstić information content (AvgIpc) is 2.49. The van der Waals surface area contributed by atoms with Crippen molar-refractivity contribution in [2.45, 2.75) is 57.5 Å². The Balaban J connectivity index is 3.34. The second-order valence-corrected chi connectivity index (χ2v) is 8.55. The standard InChI is InChI=1S/C17H28N2O4S/c1-8-12(2)19(6)16(20)13-9-10-14(23-7)15(11-13)24(21,22)18-17(3,4)5/h9-12,18H,8H2,1-7H3. The molecule has 1 aromatic rings. The van der Waals surface area contributed by atoms with E-state index in [-0.39, 0.29) is 22.6 Å². The van der Waals surface area contributed by atoms with Crippen molar-refractivity contribution in [3.05, 3.63) is 23.8 Å². The number of nitrogens with zero attached hydrogens (tertiary/aromatic N) is 1. The Morgan fingerprint density at radius 1 is 1.33 bits per heavy atom. The molecule has 0 aliphatic carbocycles. The van der Waals surface area contributed by atoms with Crippen LogP contribution in [-0.2, 0) is 10.0 Å². The minimum absolute atomic E-state index is 0.0386. The highest BCUT2D eigenvalue weighted by atomic mass is 32.2. The van der Waals surface area contributed by atoms with Crippen molar-refractivity contribution in [2.75, 3.05) is 14.2 Å². The summed E-state index contributed by atoms with van der Waals surface area (Å²) in [5.74, 6) is -0.0197. The number of nitrogens with one attached hydrogen (secondary N) is 1. The van der Waals surface area contributed by atoms with Gasteiger partial charge in [-0.3, -0.25) is 4.79 Å². The molecule has 0 aromatic heterocycles. The van der Waals surface area contributed by atoms with Crippen LogP contribution in [-0.4, -0.2) is 45.0 Å². The van der Waals surface area contributed by atoms with Crippen molar-refractivity contribution in [1.82, 2.24) is 9.62 Å². The molecule has 6 nitrogen and oxygen atoms in total. The molecule has 0 radical (unpaired) electrons. The topological polar surface area (TPSA) is 75.7 Å². The van der Waals surface area contributed by atoms with Gasteiger partial charge in [0.2, 0.25) is 10.0 Å². The van der Waals surface area contributed by atoms with Crippen molar-refractivity contribution in [3.8, 4) is 5.75 Å². The lowest BCUT2D eigenvalue weighted by molar-refractivity contribution is 0.0740. The number of benzene rings is 1. The van der Waals surface area contributed by atoms with Crippen LogP contribution < -0.4 is 9.46 Å². The van der Waals surface area contributed by atoms with Crippen molar-refractivity contribution < 1.29 is 17.9 Å². The van der Waals surface area contributed by atoms with E-state index in [4.69, 9.17) is 4.74 Å². The zero-order chi connectivity index (χ0) is 18.7. The Bertz CT molecular complexity index is 693. The van der Waals surface area contributed by atoms with Gasteiger partial charge in [0.25, 0.3) is 5.91 Å². The Labute approximate surface area is 145 Å². The van der Waals surface area contributed by atoms with Crippen LogP contribution in [0.15, 0.2) is 23.1 Å². The molecular formula is C17H28N2O4S. The molecule has 0 saturated carbocycles. The fraction of sp³-hybridized carbons (Fsp3) is 0.588. The Kier molecular flexibility index (Phi) is 6.41. The summed E-state index contributed by atoms with van der Waals surface area (Å²) >= 11 is 0. The second kappa shape index (κ2) is 7.53. The molecule has 136 valence electrons. The smallest absolute Gasteiger partial charge is 0.253 e. The van der Waals surface area contributed by atoms with E-state index in [9.17, 15) is 13.2 Å². The number of hydrogen-bond acceptors (Lipinski definition) is 4. The molecule has 24 heavy (non-hydrogen) atoms. The van der Waals surface area contributed by atoms with E-state index in [0.717, 1.165) is 6.42 Å². The van der Waals surface area contributed by atoms with E-state index in [2.05, 4.69) is 4.72 Å². The summed E-state index contributed by atoms with van der Waals surface area (Å²) in [5.41, 5.74) is -0.329. The minimum Gasteiger partial charge on any atom is -0.495 e. The molecule has 0 bridgehead atoms. The van der Waals surface area contributed by atoms with Gasteiger partial charge in [0.1, 0.15) is 10.6 Å². The number of methoxy groups -OCH3 is 1. The number of ether oxygens (including phenoxy) is 1. The number of hydrogen-bond donors (Lipinski definition) is 1. The first-order valence-electron chi connectivity index (χ1n) is 7.92. The Hall–Kier alpha value is -1.60. The summed E-state index contributed by atoms with van der Waals surface area (Å²) in [5, 5.41) is 0. The molecule has 0 saturated heterocycles. The molecule has 0 heterocycles. The molecule has 0 aliphatic rings. The largest absolute Gasteiger partial charge is 0.495 e. The summed E-state index contributed by atoms with van der Waals surface area (Å²) < 4.78 is 33.0. The highest BCUT2D eigenvalue weighted by molar-refractivity contribution is 7.89. The monoisotopic (exact) mass is 356 g/mol. The number of rotatable bonds is 6. The van der Waals surface area contributed by atoms with Gasteiger partial charge < -0.3 is 9.64 Å². The zero-order valence-corrected chi connectivity index (χ0v) is 16.3. The molecule has 0 aliphatic heterocycles. The van der Waals surface area contributed by atoms with Gasteiger partial charge in [-0.15, -0.1) is 0 Å². The molecule has 1 amide bonds. The van der Waals surface area contributed by atoms with Crippen LogP contribution in [0.3, 0.4) is 0 Å². The highest BCUT2D eigenvalue weighted by Gasteiger charge is 2.27. The molecule has 1 atom stereocenters. The lowest BCUT2D eigenvalue weighted by Gasteiger charge is -2.25. The summed E-state index contributed by atoms with van der Waals surface area (Å²) in [7, 11) is -0.702. The number of sulfonamides is 1. The molecule has 1 unspecified atom stereocenters. The van der Waals surface area contributed by atoms with Crippen LogP contribution >= 0.6 is 0 Å². The first kappa shape index (κ1) is 20.4. The van der Waals surface area contributed by atoms with Gasteiger partial charge in [0.15, 0.2) is 0 Å². The van der Waals surface area contributed by atoms with Gasteiger partial charge in [0, 0.05) is 24.2 Å². The summed E-state index contributed by atoms with van der Waals surface area (Å²) in [6, 6.07) is 4.52. The van der Waals surface area contributed by atoms with E-state index in [1.807, 2.05) is 13.8 Å². The third-order valence-corrected chi connectivity index (χ3v) is 5.49. The van der Waals surface area contributed by atoms with Gasteiger partial charge in [-0.25, -0.2) is 13.1 Å². The molecular weight excluding hydrogens is 328 g/mol. The van der Waals surface area contributed by atoms with Crippen LogP contribution in [0, 0.1) is 0 Å². The van der Waals surface area contributed by atoms with Crippen molar-refractivity contribution in [1.29, 1.82) is 0 Å². The Morgan fingerprint density at radius 2 is 1.92 bits per heavy atom. The summed E-state index contributed by atoms with van der Waals surface area (Å²) in [4.78, 5) is 14.1. The van der Waals surface area contributed by atoms with E-state index in [1.54, 1.807) is 38.8 Å². The number of carbonyl (C=O) groups excluding carboxylic acids is 1. The van der Waals surface area contributed by atoms with Gasteiger partial charge in [-0.1, -0.05) is 6.92 Å². The molecule has 1 aromatic carbocycles. The van der Waals surface area contributed by atoms with E-state index < -0.39 is 15.6 Å². The SMILES string of the molecule is CCC(C)N(C)C(=O)c1ccc(OC)c(S(=O)(=O)NC(C)(C)C)c1. The summed E-state index contributed by atoms with van der Waals surface area (Å²) in [6.45, 7) is 9.19. The van der Waals surface area contributed by atoms with Crippen LogP contribution in [0.25, 0.3) is 0 Å². The third kappa shape index (κ3) is 4.95. The first-order chi connectivity index (χ1) is 10.9. The van der Waals surface area contributed by atoms with Crippen molar-refractivity contribution >= 4 is 15.9 Å². The van der Waals surface area contributed by atoms with Crippen LogP contribution in [0.1, 0.15) is 51.4 Å². The predicted octanol–water partition coefficient (Wildman–Crippen LogP) is 2.64. The molecule has 0 spiro atoms. The lowest BCUT2D eigenvalue weighted by Crippen LogP contribution is -2.40. The fourth-order valence-corrected chi connectivity index (χ4v) is 3.77. The minimum atomic E-state index is -3.81. The fourth-order valence-electron chi connectivity index (χ4n) is 2.16. The van der Waals surface area contributed by atoms with E-state index >= 15 is 0 Å². The zero-order valence-electron chi connectivity index (χ0n) is 15.5. The maximum Gasteiger partial charge on any atom is 0.253 e. The van der Waals surface area contributed by atoms with E-state index in [0.29, 0.717) is 5.56 Å². The Morgan fingerprint density at radius 3 is 2.38 bits per heavy atom. The van der Waals surface area contributed by atoms with Gasteiger partial charge >= 0.3 is 0 Å². The van der Waals surface area contributed by atoms with Gasteiger partial charge in [0.05, 0.1) is 7.11 Å². The highest BCUT2D eigenvalue weighted by Crippen LogP contribution is 2.26. The molecule has 1 rings (SSSR count). The van der Waals surface area contributed by atoms with Crippen LogP contribution in [0.5, 0.6) is 5.75 Å². The quantitative estimate of drug-likeness (QED) is 0.850. The average molecular weight is 356 g/mol. The van der Waals surface area contributed by atoms with Crippen molar-refractivity contribution in [2.24, 2.45) is 0 Å². The molecule has 1 N–H and O–H groups in total. The van der Waals surface area contributed by atoms with Crippen LogP contribution in [0.4, 0.5) is 0 Å². The number of amides is 1. The maximum absolute atomic E-state index is 12.6. The van der Waals surface area contributed by atoms with Crippen molar-refractivity contribution in [3.63, 3.8) is 0 Å². The summed E-state index contributed by atoms with van der Waals surface area (Å²) in [6.07, 6.45) is 0.815. The van der Waals surface area contributed by atoms with Gasteiger partial charge in [-0.05, 0) is 52.3 Å². The molecule has 0 fully saturated rings. The maximum atomic E-state index is 12.6. The van der Waals surface area contributed by atoms with E-state index in [1.165, 1.54) is 19.2 Å². The van der Waals surface area contributed by atoms with Gasteiger partial charge in [-0.2, -0.15) is 0 Å². The third-order valence-electron chi connectivity index (χ3n) is 3.71. The van der Waals surface area contributed by atoms with Crippen LogP contribution in [0.2, 0.25) is 0 Å².